The number of benzene rings is 2. The van der Waals surface area contributed by atoms with Crippen molar-refractivity contribution in [1.29, 1.82) is 0 Å². The number of para-hydroxylation sites is 1. The topological polar surface area (TPSA) is 39.4 Å². The van der Waals surface area contributed by atoms with Gasteiger partial charge in [0.15, 0.2) is 17.6 Å². The van der Waals surface area contributed by atoms with E-state index in [9.17, 15) is 4.79 Å². The van der Waals surface area contributed by atoms with Crippen LogP contribution in [-0.4, -0.2) is 12.4 Å². The lowest BCUT2D eigenvalue weighted by Crippen LogP contribution is -2.10. The van der Waals surface area contributed by atoms with Crippen LogP contribution in [0.2, 0.25) is 0 Å². The van der Waals surface area contributed by atoms with Gasteiger partial charge < -0.3 is 9.15 Å². The third-order valence-corrected chi connectivity index (χ3v) is 4.25. The molecule has 3 nitrogen and oxygen atoms in total. The maximum atomic E-state index is 11.3. The number of carbonyl (C=O) groups is 1. The average Bonchev–Trinajstić information content (AvgIpc) is 3.15. The molecule has 0 radical (unpaired) electrons. The number of hydrogen-bond acceptors (Lipinski definition) is 3. The van der Waals surface area contributed by atoms with E-state index in [2.05, 4.69) is 0 Å². The Morgan fingerprint density at radius 2 is 1.90 bits per heavy atom. The molecule has 1 aromatic heterocycles. The van der Waals surface area contributed by atoms with Crippen molar-refractivity contribution in [3.8, 4) is 5.75 Å². The number of fused-ring (bicyclic) bond motifs is 3. The second kappa shape index (κ2) is 4.92. The molecule has 0 amide bonds. The van der Waals surface area contributed by atoms with Gasteiger partial charge in [0.25, 0.3) is 0 Å². The van der Waals surface area contributed by atoms with Crippen molar-refractivity contribution in [2.24, 2.45) is 0 Å². The first kappa shape index (κ1) is 12.5. The molecule has 1 fully saturated rings. The van der Waals surface area contributed by atoms with Crippen LogP contribution in [0.5, 0.6) is 5.75 Å². The second-order valence-electron chi connectivity index (χ2n) is 5.60. The van der Waals surface area contributed by atoms with Gasteiger partial charge in [0.2, 0.25) is 0 Å². The molecule has 1 heterocycles. The Morgan fingerprint density at radius 1 is 1.10 bits per heavy atom. The van der Waals surface area contributed by atoms with Crippen LogP contribution < -0.4 is 4.74 Å². The molecule has 0 aliphatic heterocycles. The van der Waals surface area contributed by atoms with Crippen molar-refractivity contribution in [3.63, 3.8) is 0 Å². The number of furan rings is 1. The van der Waals surface area contributed by atoms with Crippen molar-refractivity contribution < 1.29 is 13.9 Å². The zero-order valence-corrected chi connectivity index (χ0v) is 11.7. The first-order valence-corrected chi connectivity index (χ1v) is 7.43. The van der Waals surface area contributed by atoms with Gasteiger partial charge in [-0.25, -0.2) is 0 Å². The Hall–Kier alpha value is -2.29. The predicted molar refractivity (Wildman–Crippen MR) is 82.0 cm³/mol. The van der Waals surface area contributed by atoms with E-state index in [1.54, 1.807) is 0 Å². The molecular weight excluding hydrogens is 264 g/mol. The van der Waals surface area contributed by atoms with Crippen LogP contribution in [0.25, 0.3) is 21.9 Å². The Kier molecular flexibility index (Phi) is 2.92. The number of aldehydes is 1. The van der Waals surface area contributed by atoms with E-state index in [1.807, 2.05) is 36.4 Å². The number of hydrogen-bond donors (Lipinski definition) is 0. The molecule has 4 rings (SSSR count). The van der Waals surface area contributed by atoms with E-state index in [0.29, 0.717) is 11.1 Å². The molecule has 1 aliphatic carbocycles. The van der Waals surface area contributed by atoms with E-state index < -0.39 is 0 Å². The van der Waals surface area contributed by atoms with Crippen molar-refractivity contribution in [2.45, 2.75) is 31.8 Å². The standard InChI is InChI=1S/C18H16O3/c19-11-12-9-10-16(20-13-5-1-2-6-13)18-17(12)14-7-3-4-8-15(14)21-18/h3-4,7-11,13H,1-2,5-6H2. The van der Waals surface area contributed by atoms with Crippen LogP contribution in [0.4, 0.5) is 0 Å². The summed E-state index contributed by atoms with van der Waals surface area (Å²) in [7, 11) is 0. The number of carbonyl (C=O) groups excluding carboxylic acids is 1. The lowest BCUT2D eigenvalue weighted by Gasteiger charge is -2.13. The van der Waals surface area contributed by atoms with Gasteiger partial charge in [0.1, 0.15) is 5.58 Å². The molecule has 2 aromatic carbocycles. The molecule has 0 saturated heterocycles. The van der Waals surface area contributed by atoms with Gasteiger partial charge in [0.05, 0.1) is 6.10 Å². The minimum Gasteiger partial charge on any atom is -0.486 e. The van der Waals surface area contributed by atoms with E-state index in [0.717, 1.165) is 41.2 Å². The van der Waals surface area contributed by atoms with Gasteiger partial charge in [0, 0.05) is 16.3 Å². The third kappa shape index (κ3) is 2.00. The summed E-state index contributed by atoms with van der Waals surface area (Å²) in [6, 6.07) is 11.5. The van der Waals surface area contributed by atoms with E-state index in [1.165, 1.54) is 12.8 Å². The van der Waals surface area contributed by atoms with Crippen molar-refractivity contribution >= 4 is 28.2 Å². The Morgan fingerprint density at radius 3 is 2.71 bits per heavy atom. The zero-order chi connectivity index (χ0) is 14.2. The maximum absolute atomic E-state index is 11.3. The van der Waals surface area contributed by atoms with Crippen LogP contribution in [0.1, 0.15) is 36.0 Å². The molecule has 1 aliphatic rings. The molecule has 0 unspecified atom stereocenters. The summed E-state index contributed by atoms with van der Waals surface area (Å²) in [4.78, 5) is 11.3. The lowest BCUT2D eigenvalue weighted by molar-refractivity contribution is 0.112. The van der Waals surface area contributed by atoms with E-state index >= 15 is 0 Å². The first-order valence-electron chi connectivity index (χ1n) is 7.43. The molecule has 0 N–H and O–H groups in total. The fraction of sp³-hybridized carbons (Fsp3) is 0.278. The van der Waals surface area contributed by atoms with Crippen LogP contribution >= 0.6 is 0 Å². The van der Waals surface area contributed by atoms with Gasteiger partial charge in [-0.2, -0.15) is 0 Å². The molecule has 1 saturated carbocycles. The summed E-state index contributed by atoms with van der Waals surface area (Å²) in [5.74, 6) is 0.749. The smallest absolute Gasteiger partial charge is 0.177 e. The van der Waals surface area contributed by atoms with E-state index in [-0.39, 0.29) is 6.10 Å². The summed E-state index contributed by atoms with van der Waals surface area (Å²) in [6.07, 6.45) is 5.78. The Balaban J connectivity index is 1.93. The average molecular weight is 280 g/mol. The lowest BCUT2D eigenvalue weighted by atomic mass is 10.1. The molecule has 0 bridgehead atoms. The molecule has 3 aromatic rings. The first-order chi connectivity index (χ1) is 10.4. The molecule has 0 spiro atoms. The zero-order valence-electron chi connectivity index (χ0n) is 11.7. The van der Waals surface area contributed by atoms with Gasteiger partial charge in [-0.1, -0.05) is 18.2 Å². The number of ether oxygens (including phenoxy) is 1. The predicted octanol–water partition coefficient (Wildman–Crippen LogP) is 4.72. The highest BCUT2D eigenvalue weighted by molar-refractivity contribution is 6.13. The summed E-state index contributed by atoms with van der Waals surface area (Å²) < 4.78 is 12.1. The Labute approximate surface area is 122 Å². The summed E-state index contributed by atoms with van der Waals surface area (Å²) in [5.41, 5.74) is 2.12. The van der Waals surface area contributed by atoms with Gasteiger partial charge in [-0.15, -0.1) is 0 Å². The van der Waals surface area contributed by atoms with E-state index in [4.69, 9.17) is 9.15 Å². The molecular formula is C18H16O3. The molecule has 3 heteroatoms. The van der Waals surface area contributed by atoms with Crippen molar-refractivity contribution in [2.75, 3.05) is 0 Å². The minimum absolute atomic E-state index is 0.267. The highest BCUT2D eigenvalue weighted by Crippen LogP contribution is 2.38. The Bertz CT molecular complexity index is 810. The minimum atomic E-state index is 0.267. The number of rotatable bonds is 3. The molecule has 21 heavy (non-hydrogen) atoms. The van der Waals surface area contributed by atoms with Gasteiger partial charge in [-0.3, -0.25) is 4.79 Å². The van der Waals surface area contributed by atoms with Crippen LogP contribution in [0.15, 0.2) is 40.8 Å². The maximum Gasteiger partial charge on any atom is 0.177 e. The largest absolute Gasteiger partial charge is 0.486 e. The van der Waals surface area contributed by atoms with Crippen molar-refractivity contribution in [1.82, 2.24) is 0 Å². The SMILES string of the molecule is O=Cc1ccc(OC2CCCC2)c2oc3ccccc3c12. The van der Waals surface area contributed by atoms with Gasteiger partial charge in [-0.05, 0) is 43.9 Å². The molecule has 106 valence electrons. The fourth-order valence-electron chi connectivity index (χ4n) is 3.21. The summed E-state index contributed by atoms with van der Waals surface area (Å²) in [6.45, 7) is 0. The van der Waals surface area contributed by atoms with Crippen LogP contribution in [0, 0.1) is 0 Å². The highest BCUT2D eigenvalue weighted by Gasteiger charge is 2.20. The van der Waals surface area contributed by atoms with Crippen molar-refractivity contribution in [3.05, 3.63) is 42.0 Å². The molecule has 0 atom stereocenters. The van der Waals surface area contributed by atoms with Crippen LogP contribution in [-0.2, 0) is 0 Å². The normalized spacial score (nSPS) is 15.8. The van der Waals surface area contributed by atoms with Gasteiger partial charge >= 0.3 is 0 Å². The van der Waals surface area contributed by atoms with Crippen LogP contribution in [0.3, 0.4) is 0 Å². The summed E-state index contributed by atoms with van der Waals surface area (Å²) >= 11 is 0. The highest BCUT2D eigenvalue weighted by atomic mass is 16.5. The second-order valence-corrected chi connectivity index (χ2v) is 5.60. The third-order valence-electron chi connectivity index (χ3n) is 4.25. The fourth-order valence-corrected chi connectivity index (χ4v) is 3.21. The quantitative estimate of drug-likeness (QED) is 0.652. The summed E-state index contributed by atoms with van der Waals surface area (Å²) in [5, 5.41) is 1.82. The monoisotopic (exact) mass is 280 g/mol.